The van der Waals surface area contributed by atoms with Gasteiger partial charge in [0.2, 0.25) is 0 Å². The summed E-state index contributed by atoms with van der Waals surface area (Å²) in [5.41, 5.74) is 0.996. The molecule has 3 rings (SSSR count). The van der Waals surface area contributed by atoms with Crippen molar-refractivity contribution in [3.63, 3.8) is 0 Å². The van der Waals surface area contributed by atoms with Gasteiger partial charge in [0.1, 0.15) is 11.6 Å². The fourth-order valence-electron chi connectivity index (χ4n) is 1.97. The molecule has 0 radical (unpaired) electrons. The van der Waals surface area contributed by atoms with Crippen LogP contribution in [0.2, 0.25) is 0 Å². The topological polar surface area (TPSA) is 80.3 Å². The number of pyridine rings is 1. The van der Waals surface area contributed by atoms with Gasteiger partial charge in [-0.3, -0.25) is 9.59 Å². The first-order chi connectivity index (χ1) is 10.1. The van der Waals surface area contributed by atoms with Gasteiger partial charge in [0, 0.05) is 11.8 Å². The molecule has 0 saturated heterocycles. The summed E-state index contributed by atoms with van der Waals surface area (Å²) in [5.74, 6) is 0.469. The Morgan fingerprint density at radius 2 is 2.19 bits per heavy atom. The molecule has 2 aromatic rings. The fraction of sp³-hybridized carbons (Fsp3) is 0.133. The summed E-state index contributed by atoms with van der Waals surface area (Å²) < 4.78 is 5.48. The first-order valence-corrected chi connectivity index (χ1v) is 6.47. The van der Waals surface area contributed by atoms with Crippen LogP contribution in [0.15, 0.2) is 42.6 Å². The van der Waals surface area contributed by atoms with Crippen molar-refractivity contribution in [2.45, 2.75) is 13.0 Å². The van der Waals surface area contributed by atoms with Gasteiger partial charge in [-0.15, -0.1) is 0 Å². The van der Waals surface area contributed by atoms with Crippen LogP contribution in [-0.4, -0.2) is 22.9 Å². The maximum Gasteiger partial charge on any atom is 0.265 e. The number of fused-ring (bicyclic) bond motifs is 1. The Bertz CT molecular complexity index is 701. The van der Waals surface area contributed by atoms with Gasteiger partial charge in [0.25, 0.3) is 11.8 Å². The Morgan fingerprint density at radius 3 is 2.95 bits per heavy atom. The van der Waals surface area contributed by atoms with Crippen LogP contribution in [-0.2, 0) is 4.79 Å². The van der Waals surface area contributed by atoms with Crippen molar-refractivity contribution in [1.82, 2.24) is 4.98 Å². The van der Waals surface area contributed by atoms with E-state index in [1.807, 2.05) is 0 Å². The number of nitrogens with one attached hydrogen (secondary N) is 2. The first kappa shape index (κ1) is 13.1. The number of carbonyl (C=O) groups is 2. The average molecular weight is 283 g/mol. The van der Waals surface area contributed by atoms with Crippen LogP contribution >= 0.6 is 0 Å². The van der Waals surface area contributed by atoms with E-state index in [9.17, 15) is 9.59 Å². The van der Waals surface area contributed by atoms with E-state index in [0.29, 0.717) is 22.8 Å². The number of aromatic nitrogens is 1. The minimum absolute atomic E-state index is 0.201. The Kier molecular flexibility index (Phi) is 3.27. The largest absolute Gasteiger partial charge is 0.479 e. The first-order valence-electron chi connectivity index (χ1n) is 6.47. The number of carbonyl (C=O) groups excluding carboxylic acids is 2. The summed E-state index contributed by atoms with van der Waals surface area (Å²) in [6, 6.07) is 10.1. The summed E-state index contributed by atoms with van der Waals surface area (Å²) in [5, 5.41) is 5.41. The second-order valence-corrected chi connectivity index (χ2v) is 4.63. The lowest BCUT2D eigenvalue weighted by molar-refractivity contribution is -0.122. The highest BCUT2D eigenvalue weighted by Gasteiger charge is 2.24. The smallest absolute Gasteiger partial charge is 0.265 e. The van der Waals surface area contributed by atoms with Crippen molar-refractivity contribution < 1.29 is 14.3 Å². The molecule has 1 aliphatic rings. The summed E-state index contributed by atoms with van der Waals surface area (Å²) in [7, 11) is 0. The van der Waals surface area contributed by atoms with Gasteiger partial charge in [-0.05, 0) is 37.3 Å². The minimum Gasteiger partial charge on any atom is -0.479 e. The van der Waals surface area contributed by atoms with Crippen molar-refractivity contribution in [3.8, 4) is 5.75 Å². The molecule has 0 saturated carbocycles. The predicted octanol–water partition coefficient (Wildman–Crippen LogP) is 2.05. The second kappa shape index (κ2) is 5.24. The van der Waals surface area contributed by atoms with Crippen molar-refractivity contribution in [2.75, 3.05) is 10.6 Å². The third-order valence-corrected chi connectivity index (χ3v) is 3.08. The Hall–Kier alpha value is -2.89. The quantitative estimate of drug-likeness (QED) is 0.884. The average Bonchev–Trinajstić information content (AvgIpc) is 2.49. The monoisotopic (exact) mass is 283 g/mol. The Labute approximate surface area is 121 Å². The standard InChI is InChI=1S/C15H13N3O3/c1-9-14(19)17-11-6-5-10(8-12(11)21-9)15(20)18-13-4-2-3-7-16-13/h2-9H,1H3,(H,17,19)(H,16,18,20). The summed E-state index contributed by atoms with van der Waals surface area (Å²) in [6.45, 7) is 1.65. The van der Waals surface area contributed by atoms with E-state index in [1.165, 1.54) is 0 Å². The molecule has 1 aromatic heterocycles. The summed E-state index contributed by atoms with van der Waals surface area (Å²) in [6.07, 6.45) is 1.02. The van der Waals surface area contributed by atoms with Gasteiger partial charge in [-0.2, -0.15) is 0 Å². The summed E-state index contributed by atoms with van der Waals surface area (Å²) >= 11 is 0. The molecule has 6 heteroatoms. The van der Waals surface area contributed by atoms with Gasteiger partial charge >= 0.3 is 0 Å². The molecule has 0 bridgehead atoms. The Balaban J connectivity index is 1.82. The molecule has 106 valence electrons. The third kappa shape index (κ3) is 2.69. The van der Waals surface area contributed by atoms with Crippen molar-refractivity contribution >= 4 is 23.3 Å². The lowest BCUT2D eigenvalue weighted by Gasteiger charge is -2.23. The van der Waals surface area contributed by atoms with E-state index >= 15 is 0 Å². The van der Waals surface area contributed by atoms with Gasteiger partial charge < -0.3 is 15.4 Å². The fourth-order valence-corrected chi connectivity index (χ4v) is 1.97. The van der Waals surface area contributed by atoms with Gasteiger partial charge in [0.05, 0.1) is 5.69 Å². The third-order valence-electron chi connectivity index (χ3n) is 3.08. The normalized spacial score (nSPS) is 16.4. The van der Waals surface area contributed by atoms with Crippen LogP contribution in [0.5, 0.6) is 5.75 Å². The molecule has 6 nitrogen and oxygen atoms in total. The van der Waals surface area contributed by atoms with Gasteiger partial charge in [-0.25, -0.2) is 4.98 Å². The van der Waals surface area contributed by atoms with Crippen LogP contribution in [0.3, 0.4) is 0 Å². The summed E-state index contributed by atoms with van der Waals surface area (Å²) in [4.78, 5) is 27.7. The van der Waals surface area contributed by atoms with Crippen LogP contribution in [0.4, 0.5) is 11.5 Å². The van der Waals surface area contributed by atoms with Crippen LogP contribution < -0.4 is 15.4 Å². The van der Waals surface area contributed by atoms with E-state index in [4.69, 9.17) is 4.74 Å². The molecule has 1 unspecified atom stereocenters. The highest BCUT2D eigenvalue weighted by molar-refractivity contribution is 6.05. The zero-order valence-electron chi connectivity index (χ0n) is 11.3. The number of rotatable bonds is 2. The number of benzene rings is 1. The number of anilines is 2. The molecular weight excluding hydrogens is 270 g/mol. The molecular formula is C15H13N3O3. The van der Waals surface area contributed by atoms with Crippen LogP contribution in [0, 0.1) is 0 Å². The van der Waals surface area contributed by atoms with E-state index in [0.717, 1.165) is 0 Å². The lowest BCUT2D eigenvalue weighted by Crippen LogP contribution is -2.34. The molecule has 1 aromatic carbocycles. The van der Waals surface area contributed by atoms with Gasteiger partial charge in [0.15, 0.2) is 6.10 Å². The molecule has 2 N–H and O–H groups in total. The Morgan fingerprint density at radius 1 is 1.33 bits per heavy atom. The molecule has 0 fully saturated rings. The highest BCUT2D eigenvalue weighted by Crippen LogP contribution is 2.30. The molecule has 1 atom stereocenters. The minimum atomic E-state index is -0.577. The molecule has 1 aliphatic heterocycles. The number of hydrogen-bond acceptors (Lipinski definition) is 4. The predicted molar refractivity (Wildman–Crippen MR) is 77.4 cm³/mol. The van der Waals surface area contributed by atoms with E-state index in [2.05, 4.69) is 15.6 Å². The highest BCUT2D eigenvalue weighted by atomic mass is 16.5. The van der Waals surface area contributed by atoms with E-state index in [-0.39, 0.29) is 11.8 Å². The zero-order valence-corrected chi connectivity index (χ0v) is 11.3. The van der Waals surface area contributed by atoms with E-state index < -0.39 is 6.10 Å². The maximum atomic E-state index is 12.2. The number of ether oxygens (including phenoxy) is 1. The molecule has 0 aliphatic carbocycles. The second-order valence-electron chi connectivity index (χ2n) is 4.63. The van der Waals surface area contributed by atoms with Crippen molar-refractivity contribution in [1.29, 1.82) is 0 Å². The van der Waals surface area contributed by atoms with Crippen molar-refractivity contribution in [3.05, 3.63) is 48.2 Å². The maximum absolute atomic E-state index is 12.2. The molecule has 2 heterocycles. The van der Waals surface area contributed by atoms with Gasteiger partial charge in [-0.1, -0.05) is 6.07 Å². The number of hydrogen-bond donors (Lipinski definition) is 2. The van der Waals surface area contributed by atoms with Crippen molar-refractivity contribution in [2.24, 2.45) is 0 Å². The van der Waals surface area contributed by atoms with E-state index in [1.54, 1.807) is 49.5 Å². The number of amides is 2. The molecule has 0 spiro atoms. The number of nitrogens with zero attached hydrogens (tertiary/aromatic N) is 1. The zero-order chi connectivity index (χ0) is 14.8. The molecule has 21 heavy (non-hydrogen) atoms. The lowest BCUT2D eigenvalue weighted by atomic mass is 10.1. The SMILES string of the molecule is CC1Oc2cc(C(=O)Nc3ccccn3)ccc2NC1=O. The van der Waals surface area contributed by atoms with Crippen LogP contribution in [0.25, 0.3) is 0 Å². The van der Waals surface area contributed by atoms with Crippen LogP contribution in [0.1, 0.15) is 17.3 Å². The molecule has 2 amide bonds.